The number of aromatic nitrogens is 1. The monoisotopic (exact) mass is 523 g/mol. The van der Waals surface area contributed by atoms with Crippen molar-refractivity contribution in [2.45, 2.75) is 25.9 Å². The van der Waals surface area contributed by atoms with Gasteiger partial charge >= 0.3 is 0 Å². The van der Waals surface area contributed by atoms with Crippen LogP contribution in [-0.2, 0) is 22.0 Å². The van der Waals surface area contributed by atoms with E-state index in [0.29, 0.717) is 22.1 Å². The van der Waals surface area contributed by atoms with Crippen molar-refractivity contribution in [3.05, 3.63) is 70.2 Å². The van der Waals surface area contributed by atoms with E-state index in [0.717, 1.165) is 17.4 Å². The average molecular weight is 524 g/mol. The first-order valence-corrected chi connectivity index (χ1v) is 12.9. The SMILES string of the molecule is CC(C)(c1ccc(OCc2ncc(NS(C)(=O)=O)o2)cc1)c1cc(Cl)c(OCCCl)c(C#N)c1. The van der Waals surface area contributed by atoms with Crippen molar-refractivity contribution in [1.82, 2.24) is 4.98 Å². The Balaban J connectivity index is 1.73. The van der Waals surface area contributed by atoms with Crippen molar-refractivity contribution in [2.75, 3.05) is 23.5 Å². The summed E-state index contributed by atoms with van der Waals surface area (Å²) >= 11 is 12.1. The molecule has 2 aromatic carbocycles. The van der Waals surface area contributed by atoms with Crippen molar-refractivity contribution in [2.24, 2.45) is 0 Å². The predicted octanol–water partition coefficient (Wildman–Crippen LogP) is 5.09. The van der Waals surface area contributed by atoms with E-state index < -0.39 is 15.4 Å². The molecule has 8 nitrogen and oxygen atoms in total. The van der Waals surface area contributed by atoms with Crippen LogP contribution in [0.3, 0.4) is 0 Å². The van der Waals surface area contributed by atoms with Gasteiger partial charge in [-0.3, -0.25) is 4.72 Å². The van der Waals surface area contributed by atoms with Crippen LogP contribution in [0.1, 0.15) is 36.4 Å². The summed E-state index contributed by atoms with van der Waals surface area (Å²) in [4.78, 5) is 3.99. The summed E-state index contributed by atoms with van der Waals surface area (Å²) in [5.74, 6) is 1.45. The van der Waals surface area contributed by atoms with E-state index in [1.807, 2.05) is 26.0 Å². The minimum Gasteiger partial charge on any atom is -0.489 e. The second-order valence-corrected chi connectivity index (χ2v) is 10.4. The number of ether oxygens (including phenoxy) is 2. The summed E-state index contributed by atoms with van der Waals surface area (Å²) in [5, 5.41) is 9.91. The van der Waals surface area contributed by atoms with Gasteiger partial charge in [0.2, 0.25) is 21.8 Å². The molecule has 1 aromatic heterocycles. The molecular formula is C23H23Cl2N3O5S. The van der Waals surface area contributed by atoms with Crippen LogP contribution >= 0.6 is 23.2 Å². The molecule has 1 heterocycles. The Labute approximate surface area is 208 Å². The van der Waals surface area contributed by atoms with Crippen molar-refractivity contribution < 1.29 is 22.3 Å². The number of anilines is 1. The molecule has 3 aromatic rings. The van der Waals surface area contributed by atoms with Gasteiger partial charge in [-0.25, -0.2) is 13.4 Å². The Morgan fingerprint density at radius 2 is 1.88 bits per heavy atom. The molecule has 11 heteroatoms. The molecule has 0 radical (unpaired) electrons. The van der Waals surface area contributed by atoms with Gasteiger partial charge in [-0.15, -0.1) is 11.6 Å². The Bertz CT molecular complexity index is 1300. The van der Waals surface area contributed by atoms with E-state index >= 15 is 0 Å². The van der Waals surface area contributed by atoms with E-state index in [4.69, 9.17) is 37.1 Å². The van der Waals surface area contributed by atoms with Crippen LogP contribution < -0.4 is 14.2 Å². The highest BCUT2D eigenvalue weighted by Crippen LogP contribution is 2.38. The Morgan fingerprint density at radius 3 is 2.50 bits per heavy atom. The highest BCUT2D eigenvalue weighted by molar-refractivity contribution is 7.92. The molecule has 1 N–H and O–H groups in total. The highest BCUT2D eigenvalue weighted by Gasteiger charge is 2.26. The zero-order chi connectivity index (χ0) is 24.9. The molecule has 180 valence electrons. The number of nitrogens with zero attached hydrogens (tertiary/aromatic N) is 2. The number of oxazole rings is 1. The fourth-order valence-electron chi connectivity index (χ4n) is 3.21. The summed E-state index contributed by atoms with van der Waals surface area (Å²) in [5.41, 5.74) is 1.71. The van der Waals surface area contributed by atoms with Crippen molar-refractivity contribution in [3.8, 4) is 17.6 Å². The first-order chi connectivity index (χ1) is 16.0. The first kappa shape index (κ1) is 25.7. The first-order valence-electron chi connectivity index (χ1n) is 10.1. The molecule has 0 spiro atoms. The van der Waals surface area contributed by atoms with Crippen molar-refractivity contribution >= 4 is 39.1 Å². The fourth-order valence-corrected chi connectivity index (χ4v) is 4.02. The fraction of sp³-hybridized carbons (Fsp3) is 0.304. The van der Waals surface area contributed by atoms with E-state index in [-0.39, 0.29) is 30.9 Å². The summed E-state index contributed by atoms with van der Waals surface area (Å²) in [6, 6.07) is 13.1. The molecule has 0 aliphatic heterocycles. The maximum absolute atomic E-state index is 11.3. The van der Waals surface area contributed by atoms with Crippen LogP contribution in [0.5, 0.6) is 11.5 Å². The van der Waals surface area contributed by atoms with Gasteiger partial charge in [-0.2, -0.15) is 5.26 Å². The zero-order valence-electron chi connectivity index (χ0n) is 18.8. The van der Waals surface area contributed by atoms with Gasteiger partial charge in [-0.1, -0.05) is 37.6 Å². The van der Waals surface area contributed by atoms with E-state index in [9.17, 15) is 13.7 Å². The third-order valence-electron chi connectivity index (χ3n) is 4.99. The van der Waals surface area contributed by atoms with E-state index in [2.05, 4.69) is 15.8 Å². The highest BCUT2D eigenvalue weighted by atomic mass is 35.5. The number of hydrogen-bond acceptors (Lipinski definition) is 7. The van der Waals surface area contributed by atoms with Crippen LogP contribution in [0.25, 0.3) is 0 Å². The van der Waals surface area contributed by atoms with E-state index in [1.165, 1.54) is 6.20 Å². The third-order valence-corrected chi connectivity index (χ3v) is 5.99. The number of alkyl halides is 1. The average Bonchev–Trinajstić information content (AvgIpc) is 3.22. The van der Waals surface area contributed by atoms with Crippen LogP contribution in [0.4, 0.5) is 5.88 Å². The van der Waals surface area contributed by atoms with Crippen molar-refractivity contribution in [3.63, 3.8) is 0 Å². The second-order valence-electron chi connectivity index (χ2n) is 7.91. The summed E-state index contributed by atoms with van der Waals surface area (Å²) < 4.78 is 41.2. The number of benzene rings is 2. The molecule has 0 saturated heterocycles. The molecule has 0 aliphatic carbocycles. The predicted molar refractivity (Wildman–Crippen MR) is 130 cm³/mol. The Morgan fingerprint density at radius 1 is 1.18 bits per heavy atom. The van der Waals surface area contributed by atoms with Crippen LogP contribution in [0.15, 0.2) is 47.0 Å². The van der Waals surface area contributed by atoms with Gasteiger partial charge in [0.1, 0.15) is 18.4 Å². The van der Waals surface area contributed by atoms with Gasteiger partial charge < -0.3 is 13.9 Å². The van der Waals surface area contributed by atoms with Crippen molar-refractivity contribution in [1.29, 1.82) is 5.26 Å². The maximum Gasteiger partial charge on any atom is 0.234 e. The standard InChI is InChI=1S/C23H23Cl2N3O5S/c1-23(2,17-10-15(12-26)22(19(25)11-17)31-9-8-24)16-4-6-18(7-5-16)32-14-21-27-13-20(33-21)28-34(3,29)30/h4-7,10-11,13,28H,8-9,14H2,1-3H3. The summed E-state index contributed by atoms with van der Waals surface area (Å²) in [6.07, 6.45) is 2.30. The largest absolute Gasteiger partial charge is 0.489 e. The van der Waals surface area contributed by atoms with Crippen LogP contribution in [0.2, 0.25) is 5.02 Å². The lowest BCUT2D eigenvalue weighted by Crippen LogP contribution is -2.19. The Hall–Kier alpha value is -2.93. The molecule has 0 fully saturated rings. The lowest BCUT2D eigenvalue weighted by Gasteiger charge is -2.27. The number of nitriles is 1. The topological polar surface area (TPSA) is 114 Å². The quantitative estimate of drug-likeness (QED) is 0.367. The van der Waals surface area contributed by atoms with Crippen LogP contribution in [0, 0.1) is 11.3 Å². The Kier molecular flexibility index (Phi) is 7.97. The third kappa shape index (κ3) is 6.35. The molecular weight excluding hydrogens is 501 g/mol. The summed E-state index contributed by atoms with van der Waals surface area (Å²) in [7, 11) is -3.45. The molecule has 0 saturated carbocycles. The number of rotatable bonds is 10. The smallest absolute Gasteiger partial charge is 0.234 e. The normalized spacial score (nSPS) is 11.6. The minimum absolute atomic E-state index is 0.0210. The van der Waals surface area contributed by atoms with Gasteiger partial charge in [0.15, 0.2) is 12.4 Å². The lowest BCUT2D eigenvalue weighted by atomic mass is 9.77. The molecule has 0 bridgehead atoms. The van der Waals surface area contributed by atoms with E-state index in [1.54, 1.807) is 24.3 Å². The minimum atomic E-state index is -3.45. The number of nitrogens with one attached hydrogen (secondary N) is 1. The summed E-state index contributed by atoms with van der Waals surface area (Å²) in [6.45, 7) is 4.33. The van der Waals surface area contributed by atoms with Gasteiger partial charge in [0.25, 0.3) is 0 Å². The number of halogens is 2. The second kappa shape index (κ2) is 10.6. The molecule has 3 rings (SSSR count). The molecule has 0 aliphatic rings. The van der Waals surface area contributed by atoms with Gasteiger partial charge in [-0.05, 0) is 35.4 Å². The maximum atomic E-state index is 11.3. The lowest BCUT2D eigenvalue weighted by molar-refractivity contribution is 0.265. The zero-order valence-corrected chi connectivity index (χ0v) is 21.1. The molecule has 0 amide bonds. The van der Waals surface area contributed by atoms with Gasteiger partial charge in [0, 0.05) is 5.41 Å². The molecule has 34 heavy (non-hydrogen) atoms. The van der Waals surface area contributed by atoms with Gasteiger partial charge in [0.05, 0.1) is 28.9 Å². The molecule has 0 atom stereocenters. The number of hydrogen-bond donors (Lipinski definition) is 1. The van der Waals surface area contributed by atoms with Crippen LogP contribution in [-0.4, -0.2) is 32.1 Å². The molecule has 0 unspecified atom stereocenters. The number of sulfonamides is 1.